The first-order valence-corrected chi connectivity index (χ1v) is 10.2. The highest BCUT2D eigenvalue weighted by Crippen LogP contribution is 2.39. The Kier molecular flexibility index (Phi) is 4.31. The molecule has 0 bridgehead atoms. The molecule has 0 spiro atoms. The van der Waals surface area contributed by atoms with Crippen molar-refractivity contribution in [2.75, 3.05) is 5.33 Å². The molecule has 3 rings (SSSR count). The van der Waals surface area contributed by atoms with Gasteiger partial charge in [-0.05, 0) is 25.0 Å². The number of halogens is 1. The lowest BCUT2D eigenvalue weighted by atomic mass is 9.84. The number of hydrogen-bond donors (Lipinski definition) is 1. The van der Waals surface area contributed by atoms with Gasteiger partial charge in [-0.2, -0.15) is 8.73 Å². The molecule has 21 heavy (non-hydrogen) atoms. The van der Waals surface area contributed by atoms with Gasteiger partial charge in [0.05, 0.1) is 11.4 Å². The molecule has 1 aliphatic heterocycles. The van der Waals surface area contributed by atoms with E-state index in [0.717, 1.165) is 37.0 Å². The zero-order chi connectivity index (χ0) is 14.9. The first kappa shape index (κ1) is 15.3. The summed E-state index contributed by atoms with van der Waals surface area (Å²) in [7, 11) is -3.60. The molecule has 1 aromatic rings. The molecule has 1 N–H and O–H groups in total. The molecule has 0 saturated heterocycles. The third-order valence-corrected chi connectivity index (χ3v) is 7.18. The Bertz CT molecular complexity index is 721. The SMILES string of the molecule is O=S(=O)(NC1(CBr)CCCCC1)c1cccc2c1N=S=N2. The summed E-state index contributed by atoms with van der Waals surface area (Å²) in [6.07, 6.45) is 5.00. The van der Waals surface area contributed by atoms with E-state index in [0.29, 0.717) is 16.7 Å². The summed E-state index contributed by atoms with van der Waals surface area (Å²) >= 11 is 4.52. The van der Waals surface area contributed by atoms with Crippen LogP contribution in [0.5, 0.6) is 0 Å². The third kappa shape index (κ3) is 2.99. The minimum Gasteiger partial charge on any atom is -0.207 e. The van der Waals surface area contributed by atoms with E-state index in [9.17, 15) is 8.42 Å². The number of sulfonamides is 1. The van der Waals surface area contributed by atoms with Gasteiger partial charge in [0.25, 0.3) is 0 Å². The van der Waals surface area contributed by atoms with E-state index in [1.807, 2.05) is 0 Å². The summed E-state index contributed by atoms with van der Waals surface area (Å²) < 4.78 is 36.7. The molecule has 114 valence electrons. The average molecular weight is 390 g/mol. The second kappa shape index (κ2) is 5.91. The maximum Gasteiger partial charge on any atom is 0.243 e. The Labute approximate surface area is 136 Å². The van der Waals surface area contributed by atoms with Crippen LogP contribution >= 0.6 is 15.9 Å². The first-order valence-electron chi connectivity index (χ1n) is 6.88. The van der Waals surface area contributed by atoms with Crippen LogP contribution in [0.15, 0.2) is 31.8 Å². The predicted molar refractivity (Wildman–Crippen MR) is 87.9 cm³/mol. The van der Waals surface area contributed by atoms with E-state index < -0.39 is 10.0 Å². The molecule has 5 nitrogen and oxygen atoms in total. The molecule has 0 radical (unpaired) electrons. The zero-order valence-electron chi connectivity index (χ0n) is 11.4. The second-order valence-corrected chi connectivity index (χ2v) is 8.21. The normalized spacial score (nSPS) is 20.0. The number of benzene rings is 1. The van der Waals surface area contributed by atoms with Crippen molar-refractivity contribution in [3.63, 3.8) is 0 Å². The van der Waals surface area contributed by atoms with Crippen LogP contribution in [0.25, 0.3) is 0 Å². The zero-order valence-corrected chi connectivity index (χ0v) is 14.6. The molecule has 2 aliphatic rings. The smallest absolute Gasteiger partial charge is 0.207 e. The van der Waals surface area contributed by atoms with Gasteiger partial charge < -0.3 is 0 Å². The van der Waals surface area contributed by atoms with Crippen molar-refractivity contribution >= 4 is 48.7 Å². The molecule has 1 saturated carbocycles. The van der Waals surface area contributed by atoms with Crippen LogP contribution in [0.4, 0.5) is 11.4 Å². The Morgan fingerprint density at radius 3 is 2.71 bits per heavy atom. The minimum absolute atomic E-state index is 0.222. The van der Waals surface area contributed by atoms with Crippen molar-refractivity contribution in [2.45, 2.75) is 42.5 Å². The minimum atomic E-state index is -3.60. The molecule has 1 fully saturated rings. The molecular formula is C13H16BrN3O2S2. The fourth-order valence-corrected chi connectivity index (χ4v) is 5.94. The van der Waals surface area contributed by atoms with Gasteiger partial charge in [-0.25, -0.2) is 13.1 Å². The second-order valence-electron chi connectivity index (χ2n) is 5.47. The first-order chi connectivity index (χ1) is 10.1. The molecule has 0 atom stereocenters. The summed E-state index contributed by atoms with van der Waals surface area (Å²) in [6.45, 7) is 0. The van der Waals surface area contributed by atoms with Gasteiger partial charge >= 0.3 is 0 Å². The van der Waals surface area contributed by atoms with E-state index in [4.69, 9.17) is 0 Å². The Morgan fingerprint density at radius 1 is 1.24 bits per heavy atom. The predicted octanol–water partition coefficient (Wildman–Crippen LogP) is 3.79. The molecule has 8 heteroatoms. The standard InChI is InChI=1S/C13H16BrN3O2S2/c14-9-13(7-2-1-3-8-13)17-21(18,19)11-6-4-5-10-12(11)16-20-15-10/h4-6,17H,1-3,7-9H2. The summed E-state index contributed by atoms with van der Waals surface area (Å²) in [4.78, 5) is 0.222. The number of nitrogens with zero attached hydrogens (tertiary/aromatic N) is 2. The van der Waals surface area contributed by atoms with Crippen LogP contribution in [-0.2, 0) is 21.4 Å². The van der Waals surface area contributed by atoms with Crippen molar-refractivity contribution in [2.24, 2.45) is 8.73 Å². The number of rotatable bonds is 4. The van der Waals surface area contributed by atoms with Crippen LogP contribution in [0.3, 0.4) is 0 Å². The van der Waals surface area contributed by atoms with Crippen LogP contribution in [0, 0.1) is 0 Å². The lowest BCUT2D eigenvalue weighted by Gasteiger charge is -2.36. The number of alkyl halides is 1. The summed E-state index contributed by atoms with van der Waals surface area (Å²) in [5.41, 5.74) is 0.692. The molecule has 0 aromatic heterocycles. The molecule has 1 aromatic carbocycles. The highest BCUT2D eigenvalue weighted by Gasteiger charge is 2.36. The molecular weight excluding hydrogens is 374 g/mol. The summed E-state index contributed by atoms with van der Waals surface area (Å²) in [5.74, 6) is 0. The van der Waals surface area contributed by atoms with Gasteiger partial charge in [0.2, 0.25) is 10.0 Å². The van der Waals surface area contributed by atoms with Crippen molar-refractivity contribution < 1.29 is 8.42 Å². The van der Waals surface area contributed by atoms with Crippen LogP contribution in [0.1, 0.15) is 32.1 Å². The fourth-order valence-electron chi connectivity index (χ4n) is 2.83. The lowest BCUT2D eigenvalue weighted by Crippen LogP contribution is -2.51. The number of nitrogens with one attached hydrogen (secondary N) is 1. The van der Waals surface area contributed by atoms with Gasteiger partial charge in [0.1, 0.15) is 16.3 Å². The lowest BCUT2D eigenvalue weighted by molar-refractivity contribution is 0.301. The quantitative estimate of drug-likeness (QED) is 0.807. The monoisotopic (exact) mass is 389 g/mol. The summed E-state index contributed by atoms with van der Waals surface area (Å²) in [5, 5.41) is 0.629. The van der Waals surface area contributed by atoms with Crippen LogP contribution < -0.4 is 4.72 Å². The van der Waals surface area contributed by atoms with Gasteiger partial charge in [0.15, 0.2) is 0 Å². The third-order valence-electron chi connectivity index (χ3n) is 3.96. The summed E-state index contributed by atoms with van der Waals surface area (Å²) in [6, 6.07) is 5.08. The largest absolute Gasteiger partial charge is 0.243 e. The topological polar surface area (TPSA) is 70.9 Å². The Balaban J connectivity index is 1.95. The molecule has 0 amide bonds. The number of hydrogen-bond acceptors (Lipinski definition) is 4. The molecule has 1 heterocycles. The van der Waals surface area contributed by atoms with E-state index in [2.05, 4.69) is 29.4 Å². The van der Waals surface area contributed by atoms with Crippen molar-refractivity contribution in [3.8, 4) is 0 Å². The maximum absolute atomic E-state index is 12.8. The van der Waals surface area contributed by atoms with Crippen LogP contribution in [0.2, 0.25) is 0 Å². The van der Waals surface area contributed by atoms with Crippen molar-refractivity contribution in [3.05, 3.63) is 18.2 Å². The van der Waals surface area contributed by atoms with E-state index in [-0.39, 0.29) is 10.4 Å². The van der Waals surface area contributed by atoms with Crippen LogP contribution in [-0.4, -0.2) is 19.3 Å². The Hall–Kier alpha value is -0.570. The maximum atomic E-state index is 12.8. The van der Waals surface area contributed by atoms with Gasteiger partial charge in [-0.1, -0.05) is 41.3 Å². The highest BCUT2D eigenvalue weighted by molar-refractivity contribution is 9.09. The van der Waals surface area contributed by atoms with Gasteiger partial charge in [-0.3, -0.25) is 0 Å². The van der Waals surface area contributed by atoms with Gasteiger partial charge in [-0.15, -0.1) is 0 Å². The molecule has 0 unspecified atom stereocenters. The van der Waals surface area contributed by atoms with Crippen molar-refractivity contribution in [1.82, 2.24) is 4.72 Å². The highest BCUT2D eigenvalue weighted by atomic mass is 79.9. The fraction of sp³-hybridized carbons (Fsp3) is 0.538. The number of fused-ring (bicyclic) bond motifs is 1. The van der Waals surface area contributed by atoms with E-state index in [1.54, 1.807) is 18.2 Å². The van der Waals surface area contributed by atoms with Crippen molar-refractivity contribution in [1.29, 1.82) is 0 Å². The molecule has 1 aliphatic carbocycles. The van der Waals surface area contributed by atoms with E-state index >= 15 is 0 Å². The van der Waals surface area contributed by atoms with E-state index in [1.165, 1.54) is 6.42 Å². The van der Waals surface area contributed by atoms with Gasteiger partial charge in [0, 0.05) is 10.9 Å². The Morgan fingerprint density at radius 2 is 2.00 bits per heavy atom. The average Bonchev–Trinajstić information content (AvgIpc) is 2.96.